The number of ether oxygens (including phenoxy) is 1. The fraction of sp³-hybridized carbons (Fsp3) is 0.450. The van der Waals surface area contributed by atoms with Gasteiger partial charge in [-0.05, 0) is 31.0 Å². The Kier molecular flexibility index (Phi) is 9.09. The Balaban J connectivity index is 0.00000261. The van der Waals surface area contributed by atoms with Crippen molar-refractivity contribution < 1.29 is 9.15 Å². The normalized spacial score (nSPS) is 16.6. The monoisotopic (exact) mass is 484 g/mol. The molecule has 2 heterocycles. The summed E-state index contributed by atoms with van der Waals surface area (Å²) >= 11 is 0. The maximum atomic E-state index is 6.06. The van der Waals surface area contributed by atoms with Crippen molar-refractivity contribution in [1.82, 2.24) is 10.2 Å². The third-order valence-electron chi connectivity index (χ3n) is 4.57. The maximum absolute atomic E-state index is 6.06. The van der Waals surface area contributed by atoms with Gasteiger partial charge in [0.25, 0.3) is 0 Å². The molecular weight excluding hydrogens is 455 g/mol. The third kappa shape index (κ3) is 6.82. The number of furan rings is 1. The first-order valence-electron chi connectivity index (χ1n) is 9.18. The van der Waals surface area contributed by atoms with Crippen molar-refractivity contribution in [2.75, 3.05) is 39.4 Å². The van der Waals surface area contributed by atoms with E-state index in [2.05, 4.69) is 27.3 Å². The van der Waals surface area contributed by atoms with Gasteiger partial charge in [0.1, 0.15) is 11.5 Å². The first kappa shape index (κ1) is 21.7. The summed E-state index contributed by atoms with van der Waals surface area (Å²) in [6, 6.07) is 14.5. The molecule has 2 aromatic rings. The molecule has 3 rings (SSSR count). The lowest BCUT2D eigenvalue weighted by molar-refractivity contribution is 0.0135. The van der Waals surface area contributed by atoms with E-state index in [9.17, 15) is 0 Å². The summed E-state index contributed by atoms with van der Waals surface area (Å²) in [6.45, 7) is 6.53. The molecule has 1 atom stereocenters. The van der Waals surface area contributed by atoms with Crippen LogP contribution in [0, 0.1) is 6.92 Å². The number of nitrogens with zero attached hydrogens (tertiary/aromatic N) is 2. The largest absolute Gasteiger partial charge is 0.465 e. The van der Waals surface area contributed by atoms with Gasteiger partial charge in [-0.2, -0.15) is 0 Å². The molecule has 27 heavy (non-hydrogen) atoms. The van der Waals surface area contributed by atoms with E-state index in [1.165, 1.54) is 5.56 Å². The molecule has 0 aliphatic carbocycles. The molecule has 0 amide bonds. The van der Waals surface area contributed by atoms with Crippen LogP contribution in [0.3, 0.4) is 0 Å². The second-order valence-corrected chi connectivity index (χ2v) is 6.50. The van der Waals surface area contributed by atoms with Crippen molar-refractivity contribution in [2.45, 2.75) is 19.4 Å². The van der Waals surface area contributed by atoms with Crippen molar-refractivity contribution in [1.29, 1.82) is 0 Å². The van der Waals surface area contributed by atoms with Crippen LogP contribution in [0.1, 0.15) is 23.1 Å². The average Bonchev–Trinajstić information content (AvgIpc) is 3.10. The van der Waals surface area contributed by atoms with Gasteiger partial charge in [0.05, 0.1) is 25.8 Å². The molecule has 3 N–H and O–H groups in total. The lowest BCUT2D eigenvalue weighted by Gasteiger charge is -2.32. The van der Waals surface area contributed by atoms with E-state index in [0.29, 0.717) is 12.5 Å². The van der Waals surface area contributed by atoms with Crippen molar-refractivity contribution in [3.05, 3.63) is 59.5 Å². The average molecular weight is 484 g/mol. The maximum Gasteiger partial charge on any atom is 0.188 e. The van der Waals surface area contributed by atoms with Gasteiger partial charge in [-0.25, -0.2) is 0 Å². The molecule has 1 unspecified atom stereocenters. The minimum atomic E-state index is 0. The predicted octanol–water partition coefficient (Wildman–Crippen LogP) is 2.73. The van der Waals surface area contributed by atoms with E-state index >= 15 is 0 Å². The van der Waals surface area contributed by atoms with Crippen molar-refractivity contribution >= 4 is 29.9 Å². The van der Waals surface area contributed by atoms with Gasteiger partial charge in [0.15, 0.2) is 5.96 Å². The third-order valence-corrected chi connectivity index (χ3v) is 4.57. The van der Waals surface area contributed by atoms with Gasteiger partial charge in [-0.15, -0.1) is 24.0 Å². The fourth-order valence-electron chi connectivity index (χ4n) is 3.13. The van der Waals surface area contributed by atoms with Gasteiger partial charge in [-0.1, -0.05) is 30.3 Å². The summed E-state index contributed by atoms with van der Waals surface area (Å²) in [7, 11) is 0. The summed E-state index contributed by atoms with van der Waals surface area (Å²) in [4.78, 5) is 6.91. The van der Waals surface area contributed by atoms with Gasteiger partial charge in [0, 0.05) is 19.6 Å². The minimum absolute atomic E-state index is 0. The lowest BCUT2D eigenvalue weighted by atomic mass is 10.1. The van der Waals surface area contributed by atoms with Gasteiger partial charge in [-0.3, -0.25) is 9.89 Å². The van der Waals surface area contributed by atoms with E-state index < -0.39 is 0 Å². The van der Waals surface area contributed by atoms with E-state index in [4.69, 9.17) is 14.9 Å². The number of rotatable bonds is 7. The van der Waals surface area contributed by atoms with Crippen molar-refractivity contribution in [3.63, 3.8) is 0 Å². The number of nitrogens with one attached hydrogen (secondary N) is 1. The number of benzene rings is 1. The molecule has 148 valence electrons. The van der Waals surface area contributed by atoms with Gasteiger partial charge in [0.2, 0.25) is 0 Å². The number of aryl methyl sites for hydroxylation is 1. The number of hydrogen-bond donors (Lipinski definition) is 2. The molecule has 6 nitrogen and oxygen atoms in total. The molecule has 0 radical (unpaired) electrons. The molecular formula is C20H29IN4O2. The number of morpholine rings is 1. The van der Waals surface area contributed by atoms with E-state index in [0.717, 1.165) is 50.8 Å². The van der Waals surface area contributed by atoms with Gasteiger partial charge >= 0.3 is 0 Å². The zero-order valence-electron chi connectivity index (χ0n) is 15.8. The molecule has 0 spiro atoms. The lowest BCUT2D eigenvalue weighted by Crippen LogP contribution is -2.41. The van der Waals surface area contributed by atoms with E-state index in [1.807, 2.05) is 37.3 Å². The quantitative estimate of drug-likeness (QED) is 0.359. The summed E-state index contributed by atoms with van der Waals surface area (Å²) < 4.78 is 11.3. The van der Waals surface area contributed by atoms with Crippen LogP contribution in [0.15, 0.2) is 51.9 Å². The van der Waals surface area contributed by atoms with Crippen molar-refractivity contribution in [2.24, 2.45) is 10.7 Å². The summed E-state index contributed by atoms with van der Waals surface area (Å²) in [6.07, 6.45) is 0.918. The molecule has 1 aromatic heterocycles. The Morgan fingerprint density at radius 1 is 1.19 bits per heavy atom. The molecule has 1 saturated heterocycles. The van der Waals surface area contributed by atoms with Gasteiger partial charge < -0.3 is 20.2 Å². The molecule has 7 heteroatoms. The van der Waals surface area contributed by atoms with E-state index in [-0.39, 0.29) is 30.0 Å². The highest BCUT2D eigenvalue weighted by Gasteiger charge is 2.25. The molecule has 0 saturated carbocycles. The highest BCUT2D eigenvalue weighted by Crippen LogP contribution is 2.24. The number of nitrogens with two attached hydrogens (primary N) is 1. The van der Waals surface area contributed by atoms with Crippen LogP contribution < -0.4 is 11.1 Å². The topological polar surface area (TPSA) is 76.0 Å². The van der Waals surface area contributed by atoms with Crippen LogP contribution in [-0.2, 0) is 11.2 Å². The highest BCUT2D eigenvalue weighted by molar-refractivity contribution is 14.0. The molecule has 1 fully saturated rings. The Labute approximate surface area is 178 Å². The van der Waals surface area contributed by atoms with Crippen LogP contribution in [0.25, 0.3) is 0 Å². The fourth-order valence-corrected chi connectivity index (χ4v) is 3.13. The van der Waals surface area contributed by atoms with Crippen LogP contribution in [0.4, 0.5) is 0 Å². The minimum Gasteiger partial charge on any atom is -0.465 e. The second-order valence-electron chi connectivity index (χ2n) is 6.50. The number of aliphatic imine (C=N–C) groups is 1. The Morgan fingerprint density at radius 2 is 1.93 bits per heavy atom. The molecule has 1 aliphatic rings. The highest BCUT2D eigenvalue weighted by atomic mass is 127. The zero-order chi connectivity index (χ0) is 18.2. The Bertz CT molecular complexity index is 699. The number of halogens is 1. The standard InChI is InChI=1S/C20H28N4O2.HI/c1-16-7-8-19(26-16)18(24-11-13-25-14-12-24)15-23-20(21)22-10-9-17-5-3-2-4-6-17;/h2-8,18H,9-15H2,1H3,(H3,21,22,23);1H. The zero-order valence-corrected chi connectivity index (χ0v) is 18.1. The van der Waals surface area contributed by atoms with Crippen LogP contribution >= 0.6 is 24.0 Å². The first-order chi connectivity index (χ1) is 12.7. The molecule has 1 aromatic carbocycles. The Hall–Kier alpha value is -1.58. The molecule has 1 aliphatic heterocycles. The SMILES string of the molecule is Cc1ccc(C(CN=C(N)NCCc2ccccc2)N2CCOCC2)o1.I. The van der Waals surface area contributed by atoms with Crippen LogP contribution in [0.2, 0.25) is 0 Å². The molecule has 0 bridgehead atoms. The first-order valence-corrected chi connectivity index (χ1v) is 9.18. The number of guanidine groups is 1. The second kappa shape index (κ2) is 11.3. The van der Waals surface area contributed by atoms with Crippen molar-refractivity contribution in [3.8, 4) is 0 Å². The van der Waals surface area contributed by atoms with E-state index in [1.54, 1.807) is 0 Å². The van der Waals surface area contributed by atoms with Crippen LogP contribution in [-0.4, -0.2) is 50.3 Å². The van der Waals surface area contributed by atoms with Crippen LogP contribution in [0.5, 0.6) is 0 Å². The Morgan fingerprint density at radius 3 is 2.59 bits per heavy atom. The summed E-state index contributed by atoms with van der Waals surface area (Å²) in [5, 5.41) is 3.20. The summed E-state index contributed by atoms with van der Waals surface area (Å²) in [5.41, 5.74) is 7.35. The predicted molar refractivity (Wildman–Crippen MR) is 119 cm³/mol. The summed E-state index contributed by atoms with van der Waals surface area (Å²) in [5.74, 6) is 2.32. The smallest absolute Gasteiger partial charge is 0.188 e. The number of hydrogen-bond acceptors (Lipinski definition) is 4.